The SMILES string of the molecule is COc1cc2nc(N(CCN(C)C)C(=O)c3ccc(S(=O)(=O)N(C)c4ccccc4)cc3)sc2cc1OC.Cl. The molecular weight excluding hydrogens is 560 g/mol. The number of thiazole rings is 1. The van der Waals surface area contributed by atoms with Gasteiger partial charge in [0.2, 0.25) is 0 Å². The van der Waals surface area contributed by atoms with Crippen molar-refractivity contribution < 1.29 is 22.7 Å². The molecule has 1 heterocycles. The fraction of sp³-hybridized carbons (Fsp3) is 0.259. The maximum Gasteiger partial charge on any atom is 0.264 e. The molecule has 0 N–H and O–H groups in total. The molecule has 0 aliphatic rings. The molecule has 3 aromatic carbocycles. The molecule has 0 spiro atoms. The zero-order valence-corrected chi connectivity index (χ0v) is 24.8. The molecule has 39 heavy (non-hydrogen) atoms. The molecule has 0 aliphatic carbocycles. The first-order valence-corrected chi connectivity index (χ1v) is 14.0. The fourth-order valence-electron chi connectivity index (χ4n) is 3.80. The normalized spacial score (nSPS) is 11.2. The van der Waals surface area contributed by atoms with Gasteiger partial charge in [-0.15, -0.1) is 12.4 Å². The van der Waals surface area contributed by atoms with E-state index in [1.54, 1.807) is 49.5 Å². The molecule has 0 saturated carbocycles. The lowest BCUT2D eigenvalue weighted by Gasteiger charge is -2.22. The van der Waals surface area contributed by atoms with Crippen LogP contribution in [0.25, 0.3) is 10.2 Å². The smallest absolute Gasteiger partial charge is 0.264 e. The van der Waals surface area contributed by atoms with Gasteiger partial charge in [0.15, 0.2) is 16.6 Å². The first kappa shape index (κ1) is 30.2. The Bertz CT molecular complexity index is 1490. The zero-order valence-electron chi connectivity index (χ0n) is 22.3. The number of aromatic nitrogens is 1. The third-order valence-corrected chi connectivity index (χ3v) is 8.85. The first-order chi connectivity index (χ1) is 18.1. The predicted octanol–water partition coefficient (Wildman–Crippen LogP) is 4.77. The van der Waals surface area contributed by atoms with Gasteiger partial charge in [-0.1, -0.05) is 29.5 Å². The summed E-state index contributed by atoms with van der Waals surface area (Å²) in [5, 5.41) is 0.530. The van der Waals surface area contributed by atoms with Crippen LogP contribution >= 0.6 is 23.7 Å². The molecule has 0 radical (unpaired) electrons. The fourth-order valence-corrected chi connectivity index (χ4v) is 6.00. The van der Waals surface area contributed by atoms with Crippen molar-refractivity contribution >= 4 is 60.7 Å². The summed E-state index contributed by atoms with van der Waals surface area (Å²) in [7, 11) is 4.70. The molecule has 0 atom stereocenters. The molecule has 0 saturated heterocycles. The second-order valence-corrected chi connectivity index (χ2v) is 11.7. The minimum absolute atomic E-state index is 0. The van der Waals surface area contributed by atoms with Gasteiger partial charge in [-0.2, -0.15) is 0 Å². The van der Waals surface area contributed by atoms with Crippen molar-refractivity contribution in [2.45, 2.75) is 4.90 Å². The molecule has 0 aliphatic heterocycles. The number of likely N-dealkylation sites (N-methyl/N-ethyl adjacent to an activating group) is 1. The number of ether oxygens (including phenoxy) is 2. The number of sulfonamides is 1. The number of rotatable bonds is 10. The van der Waals surface area contributed by atoms with Gasteiger partial charge >= 0.3 is 0 Å². The second-order valence-electron chi connectivity index (χ2n) is 8.76. The minimum Gasteiger partial charge on any atom is -0.493 e. The molecule has 1 aromatic heterocycles. The van der Waals surface area contributed by atoms with Crippen molar-refractivity contribution in [3.05, 3.63) is 72.3 Å². The molecule has 0 fully saturated rings. The van der Waals surface area contributed by atoms with Gasteiger partial charge in [-0.05, 0) is 50.5 Å². The van der Waals surface area contributed by atoms with E-state index in [1.807, 2.05) is 31.1 Å². The molecule has 0 unspecified atom stereocenters. The lowest BCUT2D eigenvalue weighted by atomic mass is 10.2. The maximum atomic E-state index is 13.7. The number of benzene rings is 3. The Kier molecular flexibility index (Phi) is 9.78. The molecule has 9 nitrogen and oxygen atoms in total. The number of nitrogens with zero attached hydrogens (tertiary/aromatic N) is 4. The summed E-state index contributed by atoms with van der Waals surface area (Å²) in [5.41, 5.74) is 1.60. The van der Waals surface area contributed by atoms with E-state index in [1.165, 1.54) is 47.0 Å². The third kappa shape index (κ3) is 6.44. The van der Waals surface area contributed by atoms with Crippen LogP contribution in [-0.4, -0.2) is 72.7 Å². The number of methoxy groups -OCH3 is 2. The molecule has 4 rings (SSSR count). The number of hydrogen-bond donors (Lipinski definition) is 0. The van der Waals surface area contributed by atoms with Crippen molar-refractivity contribution in [2.24, 2.45) is 0 Å². The highest BCUT2D eigenvalue weighted by Crippen LogP contribution is 2.37. The Morgan fingerprint density at radius 1 is 0.897 bits per heavy atom. The van der Waals surface area contributed by atoms with E-state index in [-0.39, 0.29) is 23.2 Å². The van der Waals surface area contributed by atoms with E-state index in [0.717, 1.165) is 4.70 Å². The van der Waals surface area contributed by atoms with Crippen molar-refractivity contribution in [1.82, 2.24) is 9.88 Å². The van der Waals surface area contributed by atoms with E-state index in [0.29, 0.717) is 46.5 Å². The van der Waals surface area contributed by atoms with E-state index in [2.05, 4.69) is 0 Å². The Morgan fingerprint density at radius 2 is 1.51 bits per heavy atom. The quantitative estimate of drug-likeness (QED) is 0.263. The summed E-state index contributed by atoms with van der Waals surface area (Å²) in [6.45, 7) is 1.01. The number of fused-ring (bicyclic) bond motifs is 1. The van der Waals surface area contributed by atoms with Crippen LogP contribution in [0, 0.1) is 0 Å². The van der Waals surface area contributed by atoms with Crippen LogP contribution in [0.2, 0.25) is 0 Å². The zero-order chi connectivity index (χ0) is 27.4. The summed E-state index contributed by atoms with van der Waals surface area (Å²) >= 11 is 1.38. The standard InChI is InChI=1S/C27H30N4O5S2.ClH/c1-29(2)15-16-31(27-28-22-17-23(35-4)24(36-5)18-25(22)37-27)26(32)19-11-13-21(14-12-19)38(33,34)30(3)20-9-7-6-8-10-20;/h6-14,17-18H,15-16H2,1-5H3;1H. The number of halogens is 1. The van der Waals surface area contributed by atoms with Crippen LogP contribution in [0.3, 0.4) is 0 Å². The number of carbonyl (C=O) groups is 1. The highest BCUT2D eigenvalue weighted by atomic mass is 35.5. The first-order valence-electron chi connectivity index (χ1n) is 11.8. The number of hydrogen-bond acceptors (Lipinski definition) is 8. The van der Waals surface area contributed by atoms with Gasteiger partial charge in [-0.25, -0.2) is 13.4 Å². The Balaban J connectivity index is 0.00000420. The van der Waals surface area contributed by atoms with Crippen LogP contribution in [0.4, 0.5) is 10.8 Å². The predicted molar refractivity (Wildman–Crippen MR) is 159 cm³/mol. The third-order valence-electron chi connectivity index (χ3n) is 6.01. The molecule has 0 bridgehead atoms. The molecule has 12 heteroatoms. The highest BCUT2D eigenvalue weighted by Gasteiger charge is 2.25. The monoisotopic (exact) mass is 590 g/mol. The minimum atomic E-state index is -3.79. The number of amides is 1. The lowest BCUT2D eigenvalue weighted by molar-refractivity contribution is 0.0985. The van der Waals surface area contributed by atoms with Crippen LogP contribution in [0.15, 0.2) is 71.6 Å². The van der Waals surface area contributed by atoms with Gasteiger partial charge in [0.05, 0.1) is 35.0 Å². The van der Waals surface area contributed by atoms with Crippen LogP contribution < -0.4 is 18.7 Å². The highest BCUT2D eigenvalue weighted by molar-refractivity contribution is 7.92. The Labute approximate surface area is 239 Å². The van der Waals surface area contributed by atoms with E-state index in [4.69, 9.17) is 14.5 Å². The van der Waals surface area contributed by atoms with Gasteiger partial charge in [0.1, 0.15) is 0 Å². The molecule has 208 valence electrons. The second kappa shape index (κ2) is 12.6. The Morgan fingerprint density at radius 3 is 2.10 bits per heavy atom. The summed E-state index contributed by atoms with van der Waals surface area (Å²) in [6.07, 6.45) is 0. The van der Waals surface area contributed by atoms with Crippen molar-refractivity contribution in [3.63, 3.8) is 0 Å². The van der Waals surface area contributed by atoms with Gasteiger partial charge in [0, 0.05) is 37.8 Å². The van der Waals surface area contributed by atoms with Gasteiger partial charge in [0.25, 0.3) is 15.9 Å². The van der Waals surface area contributed by atoms with Crippen molar-refractivity contribution in [2.75, 3.05) is 57.7 Å². The van der Waals surface area contributed by atoms with Crippen molar-refractivity contribution in [1.29, 1.82) is 0 Å². The maximum absolute atomic E-state index is 13.7. The van der Waals surface area contributed by atoms with Crippen LogP contribution in [0.1, 0.15) is 10.4 Å². The molecule has 1 amide bonds. The lowest BCUT2D eigenvalue weighted by Crippen LogP contribution is -2.36. The van der Waals surface area contributed by atoms with Gasteiger partial charge in [-0.3, -0.25) is 14.0 Å². The summed E-state index contributed by atoms with van der Waals surface area (Å²) in [4.78, 5) is 22.1. The number of para-hydroxylation sites is 1. The summed E-state index contributed by atoms with van der Waals surface area (Å²) in [5.74, 6) is 0.865. The number of carbonyl (C=O) groups excluding carboxylic acids is 1. The van der Waals surface area contributed by atoms with E-state index < -0.39 is 10.0 Å². The summed E-state index contributed by atoms with van der Waals surface area (Å²) in [6, 6.07) is 18.4. The average molecular weight is 591 g/mol. The van der Waals surface area contributed by atoms with Gasteiger partial charge < -0.3 is 14.4 Å². The van der Waals surface area contributed by atoms with Crippen LogP contribution in [0.5, 0.6) is 11.5 Å². The largest absolute Gasteiger partial charge is 0.493 e. The van der Waals surface area contributed by atoms with Crippen LogP contribution in [-0.2, 0) is 10.0 Å². The molecular formula is C27H31ClN4O5S2. The number of anilines is 2. The summed E-state index contributed by atoms with van der Waals surface area (Å²) < 4.78 is 39.2. The average Bonchev–Trinajstić information content (AvgIpc) is 3.34. The topological polar surface area (TPSA) is 92.3 Å². The Hall–Kier alpha value is -3.38. The van der Waals surface area contributed by atoms with E-state index >= 15 is 0 Å². The molecule has 4 aromatic rings. The van der Waals surface area contributed by atoms with Crippen molar-refractivity contribution in [3.8, 4) is 11.5 Å². The van der Waals surface area contributed by atoms with E-state index in [9.17, 15) is 13.2 Å².